The molecule has 206 valence electrons. The average Bonchev–Trinajstić information content (AvgIpc) is 3.68. The van der Waals surface area contributed by atoms with E-state index in [0.717, 1.165) is 16.0 Å². The van der Waals surface area contributed by atoms with Gasteiger partial charge in [0.15, 0.2) is 23.0 Å². The third-order valence-corrected chi connectivity index (χ3v) is 6.19. The molecule has 0 bridgehead atoms. The van der Waals surface area contributed by atoms with Gasteiger partial charge in [-0.05, 0) is 60.0 Å². The van der Waals surface area contributed by atoms with Gasteiger partial charge in [-0.2, -0.15) is 0 Å². The van der Waals surface area contributed by atoms with E-state index in [9.17, 15) is 14.4 Å². The zero-order valence-electron chi connectivity index (χ0n) is 21.9. The van der Waals surface area contributed by atoms with Gasteiger partial charge in [0.25, 0.3) is 5.91 Å². The smallest absolute Gasteiger partial charge is 0.373 e. The van der Waals surface area contributed by atoms with Gasteiger partial charge in [-0.1, -0.05) is 12.1 Å². The van der Waals surface area contributed by atoms with Crippen LogP contribution in [0.25, 0.3) is 6.08 Å². The maximum Gasteiger partial charge on any atom is 0.373 e. The zero-order valence-corrected chi connectivity index (χ0v) is 21.9. The molecule has 3 aromatic rings. The van der Waals surface area contributed by atoms with E-state index in [1.807, 2.05) is 24.3 Å². The van der Waals surface area contributed by atoms with Gasteiger partial charge in [0, 0.05) is 5.56 Å². The van der Waals surface area contributed by atoms with Gasteiger partial charge < -0.3 is 33.4 Å². The predicted molar refractivity (Wildman–Crippen MR) is 141 cm³/mol. The number of fused-ring (bicyclic) bond motifs is 1. The summed E-state index contributed by atoms with van der Waals surface area (Å²) < 4.78 is 32.6. The van der Waals surface area contributed by atoms with Gasteiger partial charge in [-0.15, -0.1) is 6.58 Å². The summed E-state index contributed by atoms with van der Waals surface area (Å²) in [6.07, 6.45) is 3.76. The number of nitrogens with zero attached hydrogens (tertiary/aromatic N) is 1. The van der Waals surface area contributed by atoms with E-state index in [0.29, 0.717) is 35.0 Å². The maximum atomic E-state index is 13.0. The number of rotatable bonds is 10. The Hall–Kier alpha value is -5.19. The Balaban J connectivity index is 1.35. The number of urea groups is 1. The van der Waals surface area contributed by atoms with Gasteiger partial charge >= 0.3 is 12.0 Å². The van der Waals surface area contributed by atoms with E-state index in [4.69, 9.17) is 23.4 Å². The fourth-order valence-electron chi connectivity index (χ4n) is 4.29. The number of amides is 3. The number of allylic oxidation sites excluding steroid dienone is 1. The number of benzene rings is 2. The van der Waals surface area contributed by atoms with Crippen molar-refractivity contribution in [3.8, 4) is 23.0 Å². The van der Waals surface area contributed by atoms with Gasteiger partial charge in [-0.25, -0.2) is 9.59 Å². The molecular weight excluding hydrogens is 520 g/mol. The molecule has 0 unspecified atom stereocenters. The second kappa shape index (κ2) is 11.3. The van der Waals surface area contributed by atoms with E-state index < -0.39 is 17.9 Å². The lowest BCUT2D eigenvalue weighted by atomic mass is 10.0. The first kappa shape index (κ1) is 26.4. The molecule has 2 aliphatic heterocycles. The van der Waals surface area contributed by atoms with Crippen molar-refractivity contribution in [3.63, 3.8) is 0 Å². The van der Waals surface area contributed by atoms with Crippen LogP contribution in [0, 0.1) is 0 Å². The van der Waals surface area contributed by atoms with Gasteiger partial charge in [0.1, 0.15) is 18.1 Å². The minimum atomic E-state index is -0.656. The van der Waals surface area contributed by atoms with E-state index in [1.54, 1.807) is 18.2 Å². The van der Waals surface area contributed by atoms with E-state index in [1.165, 1.54) is 26.4 Å². The first-order valence-electron chi connectivity index (χ1n) is 12.2. The number of imide groups is 1. The molecule has 0 spiro atoms. The SMILES string of the molecule is C=CCc1cc(/C=C2\NC(=O)N(Cc3ccc(C(=O)OC)o3)C2=O)cc(OC)c1OCc1ccc2c(c1)OCO2. The normalized spacial score (nSPS) is 14.8. The largest absolute Gasteiger partial charge is 0.493 e. The van der Waals surface area contributed by atoms with Crippen LogP contribution in [0.3, 0.4) is 0 Å². The van der Waals surface area contributed by atoms with Crippen molar-refractivity contribution in [2.75, 3.05) is 21.0 Å². The fourth-order valence-corrected chi connectivity index (χ4v) is 4.29. The molecule has 11 heteroatoms. The summed E-state index contributed by atoms with van der Waals surface area (Å²) in [5.41, 5.74) is 2.35. The molecule has 0 atom stereocenters. The van der Waals surface area contributed by atoms with Crippen molar-refractivity contribution in [1.29, 1.82) is 0 Å². The second-order valence-corrected chi connectivity index (χ2v) is 8.82. The molecule has 0 radical (unpaired) electrons. The van der Waals surface area contributed by atoms with Crippen LogP contribution in [-0.2, 0) is 29.1 Å². The predicted octanol–water partition coefficient (Wildman–Crippen LogP) is 4.20. The first-order valence-corrected chi connectivity index (χ1v) is 12.2. The van der Waals surface area contributed by atoms with Gasteiger partial charge in [-0.3, -0.25) is 9.69 Å². The Labute approximate surface area is 229 Å². The highest BCUT2D eigenvalue weighted by molar-refractivity contribution is 6.13. The lowest BCUT2D eigenvalue weighted by molar-refractivity contribution is -0.123. The number of furan rings is 1. The summed E-state index contributed by atoms with van der Waals surface area (Å²) >= 11 is 0. The van der Waals surface area contributed by atoms with Crippen molar-refractivity contribution >= 4 is 24.0 Å². The molecule has 3 heterocycles. The number of ether oxygens (including phenoxy) is 5. The zero-order chi connectivity index (χ0) is 28.2. The quantitative estimate of drug-likeness (QED) is 0.172. The van der Waals surface area contributed by atoms with Crippen molar-refractivity contribution < 1.29 is 42.5 Å². The topological polar surface area (TPSA) is 126 Å². The molecule has 2 aromatic carbocycles. The molecule has 1 fully saturated rings. The summed E-state index contributed by atoms with van der Waals surface area (Å²) in [5, 5.41) is 2.58. The van der Waals surface area contributed by atoms with Crippen molar-refractivity contribution in [1.82, 2.24) is 10.2 Å². The minimum Gasteiger partial charge on any atom is -0.493 e. The number of carbonyl (C=O) groups excluding carboxylic acids is 3. The van der Waals surface area contributed by atoms with E-state index >= 15 is 0 Å². The number of hydrogen-bond donors (Lipinski definition) is 1. The van der Waals surface area contributed by atoms with Crippen molar-refractivity contribution in [2.45, 2.75) is 19.6 Å². The fraction of sp³-hybridized carbons (Fsp3) is 0.207. The van der Waals surface area contributed by atoms with Crippen LogP contribution in [0.1, 0.15) is 33.0 Å². The van der Waals surface area contributed by atoms with Crippen LogP contribution < -0.4 is 24.3 Å². The van der Waals surface area contributed by atoms with Crippen LogP contribution in [0.4, 0.5) is 4.79 Å². The molecule has 3 amide bonds. The van der Waals surface area contributed by atoms with Gasteiger partial charge in [0.2, 0.25) is 12.6 Å². The molecule has 5 rings (SSSR count). The summed E-state index contributed by atoms with van der Waals surface area (Å²) in [6, 6.07) is 11.4. The Morgan fingerprint density at radius 3 is 2.70 bits per heavy atom. The lowest BCUT2D eigenvalue weighted by Gasteiger charge is -2.16. The third-order valence-electron chi connectivity index (χ3n) is 6.19. The van der Waals surface area contributed by atoms with Crippen LogP contribution in [-0.4, -0.2) is 43.8 Å². The maximum absolute atomic E-state index is 13.0. The molecule has 40 heavy (non-hydrogen) atoms. The summed E-state index contributed by atoms with van der Waals surface area (Å²) in [6.45, 7) is 4.12. The Bertz CT molecular complexity index is 1520. The highest BCUT2D eigenvalue weighted by Gasteiger charge is 2.34. The Kier molecular flexibility index (Phi) is 7.45. The highest BCUT2D eigenvalue weighted by atomic mass is 16.7. The summed E-state index contributed by atoms with van der Waals surface area (Å²) in [4.78, 5) is 38.2. The van der Waals surface area contributed by atoms with Crippen molar-refractivity contribution in [2.24, 2.45) is 0 Å². The molecule has 1 N–H and O–H groups in total. The van der Waals surface area contributed by atoms with Crippen LogP contribution in [0.15, 0.2) is 65.2 Å². The number of methoxy groups -OCH3 is 2. The molecule has 1 saturated heterocycles. The van der Waals surface area contributed by atoms with Crippen molar-refractivity contribution in [3.05, 3.63) is 89.0 Å². The highest BCUT2D eigenvalue weighted by Crippen LogP contribution is 2.37. The number of esters is 1. The van der Waals surface area contributed by atoms with Crippen LogP contribution in [0.5, 0.6) is 23.0 Å². The second-order valence-electron chi connectivity index (χ2n) is 8.82. The van der Waals surface area contributed by atoms with Crippen LogP contribution >= 0.6 is 0 Å². The molecule has 1 aromatic heterocycles. The minimum absolute atomic E-state index is 0.0250. The Morgan fingerprint density at radius 1 is 1.10 bits per heavy atom. The molecular formula is C29H26N2O9. The summed E-state index contributed by atoms with van der Waals surface area (Å²) in [7, 11) is 2.75. The monoisotopic (exact) mass is 546 g/mol. The van der Waals surface area contributed by atoms with Gasteiger partial charge in [0.05, 0.1) is 20.8 Å². The van der Waals surface area contributed by atoms with E-state index in [2.05, 4.69) is 16.6 Å². The molecule has 0 aliphatic carbocycles. The molecule has 11 nitrogen and oxygen atoms in total. The number of nitrogens with one attached hydrogen (secondary N) is 1. The lowest BCUT2D eigenvalue weighted by Crippen LogP contribution is -2.30. The molecule has 0 saturated carbocycles. The standard InChI is InChI=1S/C29H26N2O9/c1-4-5-19-10-18(13-25(35-2)26(19)37-15-17-6-8-22-24(12-17)39-16-38-22)11-21-27(32)31(29(34)30-21)14-20-7-9-23(40-20)28(33)36-3/h4,6-13H,1,5,14-16H2,2-3H3,(H,30,34)/b21-11-. The third kappa shape index (κ3) is 5.35. The Morgan fingerprint density at radius 2 is 1.93 bits per heavy atom. The number of carbonyl (C=O) groups is 3. The summed E-state index contributed by atoms with van der Waals surface area (Å²) in [5.74, 6) is 1.36. The van der Waals surface area contributed by atoms with E-state index in [-0.39, 0.29) is 37.2 Å². The number of hydrogen-bond acceptors (Lipinski definition) is 9. The molecule has 2 aliphatic rings. The van der Waals surface area contributed by atoms with Crippen LogP contribution in [0.2, 0.25) is 0 Å². The first-order chi connectivity index (χ1) is 19.4. The average molecular weight is 547 g/mol.